The van der Waals surface area contributed by atoms with Crippen molar-refractivity contribution in [3.05, 3.63) is 194 Å². The number of rotatable bonds is 6. The second-order valence-electron chi connectivity index (χ2n) is 13.8. The monoisotopic (exact) mass is 676 g/mol. The lowest BCUT2D eigenvalue weighted by Gasteiger charge is -2.20. The van der Waals surface area contributed by atoms with Crippen molar-refractivity contribution in [3.8, 4) is 50.2 Å². The number of hydrogen-bond acceptors (Lipinski definition) is 1. The van der Waals surface area contributed by atoms with Crippen molar-refractivity contribution in [1.29, 1.82) is 0 Å². The van der Waals surface area contributed by atoms with Gasteiger partial charge in [0.05, 0.1) is 11.0 Å². The van der Waals surface area contributed by atoms with Crippen LogP contribution in [0.4, 0.5) is 0 Å². The Morgan fingerprint density at radius 1 is 0.415 bits per heavy atom. The van der Waals surface area contributed by atoms with Gasteiger partial charge in [-0.05, 0) is 107 Å². The minimum absolute atomic E-state index is 0.860. The third-order valence-electron chi connectivity index (χ3n) is 10.8. The topological polar surface area (TPSA) is 17.8 Å². The van der Waals surface area contributed by atoms with Crippen molar-refractivity contribution in [2.24, 2.45) is 0 Å². The number of fused-ring (bicyclic) bond motifs is 4. The van der Waals surface area contributed by atoms with Crippen molar-refractivity contribution in [2.45, 2.75) is 13.3 Å². The first-order valence-electron chi connectivity index (χ1n) is 18.4. The van der Waals surface area contributed by atoms with Gasteiger partial charge in [-0.2, -0.15) is 0 Å². The molecule has 250 valence electrons. The van der Waals surface area contributed by atoms with E-state index in [0.717, 1.165) is 29.0 Å². The van der Waals surface area contributed by atoms with Crippen molar-refractivity contribution in [2.75, 3.05) is 0 Å². The van der Waals surface area contributed by atoms with E-state index in [-0.39, 0.29) is 0 Å². The molecule has 0 atom stereocenters. The molecule has 0 aliphatic heterocycles. The second kappa shape index (κ2) is 12.8. The van der Waals surface area contributed by atoms with E-state index in [1.165, 1.54) is 76.8 Å². The molecule has 2 heteroatoms. The van der Waals surface area contributed by atoms with Gasteiger partial charge in [0.15, 0.2) is 0 Å². The average molecular weight is 677 g/mol. The molecule has 1 heterocycles. The first kappa shape index (κ1) is 31.0. The summed E-state index contributed by atoms with van der Waals surface area (Å²) in [6.07, 6.45) is 0.860. The van der Waals surface area contributed by atoms with E-state index in [1.807, 2.05) is 0 Å². The molecular weight excluding hydrogens is 641 g/mol. The Labute approximate surface area is 309 Å². The smallest absolute Gasteiger partial charge is 0.114 e. The number of hydrogen-bond donors (Lipinski definition) is 0. The maximum atomic E-state index is 4.95. The largest absolute Gasteiger partial charge is 0.296 e. The molecule has 2 nitrogen and oxygen atoms in total. The van der Waals surface area contributed by atoms with Crippen LogP contribution in [-0.2, 0) is 6.42 Å². The Balaban J connectivity index is 1.21. The average Bonchev–Trinajstić information content (AvgIpc) is 3.62. The molecule has 10 aromatic rings. The van der Waals surface area contributed by atoms with Crippen LogP contribution in [0.1, 0.15) is 12.7 Å². The summed E-state index contributed by atoms with van der Waals surface area (Å²) in [6, 6.07) is 68.5. The highest BCUT2D eigenvalue weighted by Gasteiger charge is 2.19. The van der Waals surface area contributed by atoms with Gasteiger partial charge >= 0.3 is 0 Å². The van der Waals surface area contributed by atoms with Gasteiger partial charge in [-0.1, -0.05) is 165 Å². The Morgan fingerprint density at radius 3 is 1.75 bits per heavy atom. The summed E-state index contributed by atoms with van der Waals surface area (Å²) in [6.45, 7) is 2.17. The summed E-state index contributed by atoms with van der Waals surface area (Å²) >= 11 is 0. The predicted molar refractivity (Wildman–Crippen MR) is 225 cm³/mol. The predicted octanol–water partition coefficient (Wildman–Crippen LogP) is 13.7. The summed E-state index contributed by atoms with van der Waals surface area (Å²) in [5, 5.41) is 7.49. The maximum absolute atomic E-state index is 4.95. The molecule has 0 radical (unpaired) electrons. The fourth-order valence-electron chi connectivity index (χ4n) is 8.27. The van der Waals surface area contributed by atoms with Crippen molar-refractivity contribution in [3.63, 3.8) is 0 Å². The molecule has 0 N–H and O–H groups in total. The van der Waals surface area contributed by atoms with Crippen molar-refractivity contribution in [1.82, 2.24) is 9.55 Å². The molecule has 9 aromatic carbocycles. The molecule has 1 aromatic heterocycles. The van der Waals surface area contributed by atoms with Crippen molar-refractivity contribution < 1.29 is 0 Å². The minimum atomic E-state index is 0.860. The Hall–Kier alpha value is -6.77. The summed E-state index contributed by atoms with van der Waals surface area (Å²) in [7, 11) is 0. The van der Waals surface area contributed by atoms with Gasteiger partial charge in [0.2, 0.25) is 0 Å². The summed E-state index contributed by atoms with van der Waals surface area (Å²) < 4.78 is 2.30. The van der Waals surface area contributed by atoms with Crippen LogP contribution < -0.4 is 0 Å². The zero-order chi connectivity index (χ0) is 35.3. The summed E-state index contributed by atoms with van der Waals surface area (Å²) in [5.74, 6) is 1.07. The summed E-state index contributed by atoms with van der Waals surface area (Å²) in [5.41, 5.74) is 13.1. The van der Waals surface area contributed by atoms with E-state index in [2.05, 4.69) is 200 Å². The Bertz CT molecular complexity index is 2950. The molecule has 0 saturated carbocycles. The van der Waals surface area contributed by atoms with Crippen LogP contribution in [0.15, 0.2) is 188 Å². The van der Waals surface area contributed by atoms with Gasteiger partial charge in [-0.3, -0.25) is 4.57 Å². The molecule has 0 unspecified atom stereocenters. The van der Waals surface area contributed by atoms with E-state index in [1.54, 1.807) is 0 Å². The van der Waals surface area contributed by atoms with Crippen LogP contribution in [0.25, 0.3) is 93.5 Å². The third kappa shape index (κ3) is 5.22. The van der Waals surface area contributed by atoms with E-state index in [4.69, 9.17) is 4.98 Å². The zero-order valence-corrected chi connectivity index (χ0v) is 29.5. The fraction of sp³-hybridized carbons (Fsp3) is 0.0392. The van der Waals surface area contributed by atoms with Crippen LogP contribution in [-0.4, -0.2) is 9.55 Å². The molecule has 0 aliphatic rings. The molecule has 0 amide bonds. The zero-order valence-electron chi connectivity index (χ0n) is 29.5. The van der Waals surface area contributed by atoms with E-state index in [9.17, 15) is 0 Å². The van der Waals surface area contributed by atoms with Crippen LogP contribution >= 0.6 is 0 Å². The molecule has 53 heavy (non-hydrogen) atoms. The maximum Gasteiger partial charge on any atom is 0.114 e. The first-order chi connectivity index (χ1) is 26.2. The number of aryl methyl sites for hydroxylation is 1. The van der Waals surface area contributed by atoms with Gasteiger partial charge in [0.1, 0.15) is 5.82 Å². The van der Waals surface area contributed by atoms with Crippen LogP contribution in [0.2, 0.25) is 0 Å². The number of benzene rings is 9. The SMILES string of the molecule is CCc1nc2ccccc2n1-c1ccc(-c2c3ccccc3c(-c3cccc4ccccc34)c3cc(-c4ccc(-c5ccccc5)cc4)ccc23)cc1. The molecule has 0 bridgehead atoms. The highest BCUT2D eigenvalue weighted by Crippen LogP contribution is 2.46. The number of nitrogens with zero attached hydrogens (tertiary/aromatic N) is 2. The van der Waals surface area contributed by atoms with Gasteiger partial charge in [0.25, 0.3) is 0 Å². The van der Waals surface area contributed by atoms with Crippen molar-refractivity contribution >= 4 is 43.4 Å². The van der Waals surface area contributed by atoms with Gasteiger partial charge < -0.3 is 0 Å². The highest BCUT2D eigenvalue weighted by atomic mass is 15.1. The number of aromatic nitrogens is 2. The fourth-order valence-corrected chi connectivity index (χ4v) is 8.27. The van der Waals surface area contributed by atoms with E-state index >= 15 is 0 Å². The highest BCUT2D eigenvalue weighted by molar-refractivity contribution is 6.24. The van der Waals surface area contributed by atoms with E-state index < -0.39 is 0 Å². The lowest BCUT2D eigenvalue weighted by atomic mass is 9.83. The molecule has 0 fully saturated rings. The Morgan fingerprint density at radius 2 is 0.981 bits per heavy atom. The second-order valence-corrected chi connectivity index (χ2v) is 13.8. The van der Waals surface area contributed by atoms with Crippen LogP contribution in [0, 0.1) is 0 Å². The lowest BCUT2D eigenvalue weighted by molar-refractivity contribution is 0.908. The molecular formula is C51H36N2. The minimum Gasteiger partial charge on any atom is -0.296 e. The Kier molecular flexibility index (Phi) is 7.47. The van der Waals surface area contributed by atoms with E-state index in [0.29, 0.717) is 0 Å². The first-order valence-corrected chi connectivity index (χ1v) is 18.4. The molecule has 0 aliphatic carbocycles. The van der Waals surface area contributed by atoms with Gasteiger partial charge in [0, 0.05) is 12.1 Å². The van der Waals surface area contributed by atoms with Gasteiger partial charge in [-0.15, -0.1) is 0 Å². The van der Waals surface area contributed by atoms with Gasteiger partial charge in [-0.25, -0.2) is 4.98 Å². The number of imidazole rings is 1. The quantitative estimate of drug-likeness (QED) is 0.160. The standard InChI is InChI=1S/C51H36N2/c1-2-49-52-47-21-10-11-22-48(47)53(49)40-30-27-38(28-31-40)50-43-18-8-9-19-44(43)51(42-20-12-16-37-15-6-7-17-41(37)42)46-33-39(29-32-45(46)50)36-25-23-35(24-26-36)34-13-4-3-5-14-34/h3-33H,2H2,1H3. The molecule has 0 saturated heterocycles. The third-order valence-corrected chi connectivity index (χ3v) is 10.8. The lowest BCUT2D eigenvalue weighted by Crippen LogP contribution is -2.00. The van der Waals surface area contributed by atoms with Crippen LogP contribution in [0.3, 0.4) is 0 Å². The number of para-hydroxylation sites is 2. The van der Waals surface area contributed by atoms with Crippen LogP contribution in [0.5, 0.6) is 0 Å². The molecule has 0 spiro atoms. The normalized spacial score (nSPS) is 11.6. The molecule has 10 rings (SSSR count). The summed E-state index contributed by atoms with van der Waals surface area (Å²) in [4.78, 5) is 4.95.